The zero-order valence-electron chi connectivity index (χ0n) is 29.5. The maximum atomic E-state index is 12.9. The van der Waals surface area contributed by atoms with E-state index in [1.54, 1.807) is 0 Å². The summed E-state index contributed by atoms with van der Waals surface area (Å²) in [5.74, 6) is 1.00. The monoisotopic (exact) mass is 734 g/mol. The fraction of sp³-hybridized carbons (Fsp3) is 0.182. The topological polar surface area (TPSA) is 120 Å². The maximum absolute atomic E-state index is 12.9. The lowest BCUT2D eigenvalue weighted by Crippen LogP contribution is -2.38. The second-order valence-corrected chi connectivity index (χ2v) is 14.2. The number of fused-ring (bicyclic) bond motifs is 1. The third-order valence-corrected chi connectivity index (χ3v) is 10.5. The number of nitrogens with zero attached hydrogens (tertiary/aromatic N) is 3. The average Bonchev–Trinajstić information content (AvgIpc) is 3.67. The molecule has 5 aromatic carbocycles. The number of aliphatic hydroxyl groups excluding tert-OH is 1. The van der Waals surface area contributed by atoms with Gasteiger partial charge in [0, 0.05) is 34.9 Å². The smallest absolute Gasteiger partial charge is 0.271 e. The summed E-state index contributed by atoms with van der Waals surface area (Å²) < 4.78 is 19.8. The molecule has 0 aliphatic carbocycles. The van der Waals surface area contributed by atoms with Gasteiger partial charge < -0.3 is 24.3 Å². The van der Waals surface area contributed by atoms with E-state index in [-0.39, 0.29) is 36.3 Å². The third-order valence-electron chi connectivity index (χ3n) is 9.57. The van der Waals surface area contributed by atoms with Crippen molar-refractivity contribution >= 4 is 28.7 Å². The van der Waals surface area contributed by atoms with E-state index in [0.29, 0.717) is 23.0 Å². The molecule has 8 rings (SSSR count). The standard InChI is InChI=1S/C44H38N4O5S/c1-28-38(27-54-44-48-39(31-10-4-2-5-11-31)41(53-44)32-12-6-3-7-13-32)51-43(52-40(28)33-20-18-30(26-49)19-21-33)34-22-16-29(17-23-34)24-46-42(50)37-25-45-35-14-8-9-15-36(35)47-37/h2-23,25,28,38,40,43,49H,24,26-27H2,1H3,(H,46,50)/t28-,38+,40+,43+/m0/s1. The van der Waals surface area contributed by atoms with Crippen molar-refractivity contribution in [3.8, 4) is 22.6 Å². The van der Waals surface area contributed by atoms with Gasteiger partial charge in [-0.05, 0) is 28.8 Å². The summed E-state index contributed by atoms with van der Waals surface area (Å²) in [4.78, 5) is 26.7. The summed E-state index contributed by atoms with van der Waals surface area (Å²) in [6, 6.07) is 43.3. The third kappa shape index (κ3) is 7.83. The van der Waals surface area contributed by atoms with Crippen LogP contribution in [0.3, 0.4) is 0 Å². The molecule has 0 spiro atoms. The summed E-state index contributed by atoms with van der Waals surface area (Å²) in [7, 11) is 0. The Hall–Kier alpha value is -5.65. The van der Waals surface area contributed by atoms with Crippen molar-refractivity contribution in [3.05, 3.63) is 168 Å². The molecule has 7 aromatic rings. The SMILES string of the molecule is C[C@H]1[C@@H](CSc2nc(-c3ccccc3)c(-c3ccccc3)o2)O[C@@H](c2ccc(CNC(=O)c3cnc4ccccc4n3)cc2)O[C@H]1c1ccc(CO)cc1. The van der Waals surface area contributed by atoms with E-state index in [0.717, 1.165) is 50.4 Å². The first-order chi connectivity index (χ1) is 26.5. The average molecular weight is 735 g/mol. The van der Waals surface area contributed by atoms with Crippen LogP contribution in [-0.2, 0) is 22.6 Å². The van der Waals surface area contributed by atoms with Crippen molar-refractivity contribution in [1.82, 2.24) is 20.3 Å². The molecule has 1 aliphatic rings. The van der Waals surface area contributed by atoms with E-state index >= 15 is 0 Å². The Labute approximate surface area is 317 Å². The van der Waals surface area contributed by atoms with Gasteiger partial charge in [-0.25, -0.2) is 9.97 Å². The molecule has 4 atom stereocenters. The Kier molecular flexibility index (Phi) is 10.6. The number of nitrogens with one attached hydrogen (secondary N) is 1. The molecule has 270 valence electrons. The molecule has 0 unspecified atom stereocenters. The predicted octanol–water partition coefficient (Wildman–Crippen LogP) is 8.96. The van der Waals surface area contributed by atoms with Crippen molar-refractivity contribution in [1.29, 1.82) is 0 Å². The number of benzene rings is 5. The van der Waals surface area contributed by atoms with Crippen LogP contribution in [-0.4, -0.2) is 37.8 Å². The molecule has 10 heteroatoms. The molecule has 3 heterocycles. The molecule has 0 radical (unpaired) electrons. The number of thioether (sulfide) groups is 1. The maximum Gasteiger partial charge on any atom is 0.271 e. The van der Waals surface area contributed by atoms with E-state index < -0.39 is 6.29 Å². The zero-order chi connectivity index (χ0) is 36.9. The van der Waals surface area contributed by atoms with Gasteiger partial charge in [0.05, 0.1) is 36.0 Å². The van der Waals surface area contributed by atoms with Gasteiger partial charge in [0.15, 0.2) is 12.1 Å². The number of aromatic nitrogens is 3. The predicted molar refractivity (Wildman–Crippen MR) is 208 cm³/mol. The van der Waals surface area contributed by atoms with Crippen molar-refractivity contribution in [2.75, 3.05) is 5.75 Å². The van der Waals surface area contributed by atoms with Gasteiger partial charge in [0.25, 0.3) is 11.1 Å². The molecule has 1 amide bonds. The number of hydrogen-bond acceptors (Lipinski definition) is 9. The summed E-state index contributed by atoms with van der Waals surface area (Å²) in [6.07, 6.45) is 0.364. The number of carbonyl (C=O) groups excluding carboxylic acids is 1. The lowest BCUT2D eigenvalue weighted by atomic mass is 9.91. The van der Waals surface area contributed by atoms with Crippen LogP contribution in [0.5, 0.6) is 0 Å². The van der Waals surface area contributed by atoms with Crippen LogP contribution in [0.15, 0.2) is 149 Å². The van der Waals surface area contributed by atoms with Crippen molar-refractivity contribution in [3.63, 3.8) is 0 Å². The number of rotatable bonds is 11. The highest BCUT2D eigenvalue weighted by atomic mass is 32.2. The Bertz CT molecular complexity index is 2280. The fourth-order valence-corrected chi connectivity index (χ4v) is 7.52. The molecule has 1 aliphatic heterocycles. The number of hydrogen-bond donors (Lipinski definition) is 2. The van der Waals surface area contributed by atoms with E-state index in [1.807, 2.05) is 133 Å². The number of aliphatic hydroxyl groups is 1. The molecule has 9 nitrogen and oxygen atoms in total. The van der Waals surface area contributed by atoms with Crippen LogP contribution < -0.4 is 5.32 Å². The molecular weight excluding hydrogens is 697 g/mol. The van der Waals surface area contributed by atoms with Crippen molar-refractivity contribution in [2.24, 2.45) is 5.92 Å². The largest absolute Gasteiger partial charge is 0.431 e. The molecule has 2 aromatic heterocycles. The highest BCUT2D eigenvalue weighted by Gasteiger charge is 2.38. The molecule has 1 saturated heterocycles. The van der Waals surface area contributed by atoms with E-state index in [1.165, 1.54) is 18.0 Å². The van der Waals surface area contributed by atoms with Crippen LogP contribution in [0.2, 0.25) is 0 Å². The van der Waals surface area contributed by atoms with Gasteiger partial charge in [-0.1, -0.05) is 140 Å². The zero-order valence-corrected chi connectivity index (χ0v) is 30.4. The summed E-state index contributed by atoms with van der Waals surface area (Å²) >= 11 is 1.52. The lowest BCUT2D eigenvalue weighted by Gasteiger charge is -2.41. The molecule has 1 fully saturated rings. The van der Waals surface area contributed by atoms with Crippen molar-refractivity contribution in [2.45, 2.75) is 43.8 Å². The molecular formula is C44H38N4O5S. The first-order valence-corrected chi connectivity index (χ1v) is 18.8. The van der Waals surface area contributed by atoms with Gasteiger partial charge in [-0.15, -0.1) is 0 Å². The Morgan fingerprint density at radius 1 is 0.741 bits per heavy atom. The van der Waals surface area contributed by atoms with Crippen LogP contribution in [0, 0.1) is 5.92 Å². The van der Waals surface area contributed by atoms with Gasteiger partial charge >= 0.3 is 0 Å². The first kappa shape index (κ1) is 35.4. The van der Waals surface area contributed by atoms with E-state index in [9.17, 15) is 9.90 Å². The Balaban J connectivity index is 1.000. The minimum atomic E-state index is -0.643. The number of ether oxygens (including phenoxy) is 2. The quantitative estimate of drug-likeness (QED) is 0.126. The molecule has 54 heavy (non-hydrogen) atoms. The van der Waals surface area contributed by atoms with Gasteiger partial charge in [-0.3, -0.25) is 9.78 Å². The minimum Gasteiger partial charge on any atom is -0.431 e. The molecule has 2 N–H and O–H groups in total. The summed E-state index contributed by atoms with van der Waals surface area (Å²) in [5, 5.41) is 13.2. The minimum absolute atomic E-state index is 0.0152. The van der Waals surface area contributed by atoms with Crippen LogP contribution in [0.4, 0.5) is 0 Å². The first-order valence-electron chi connectivity index (χ1n) is 17.9. The number of para-hydroxylation sites is 2. The van der Waals surface area contributed by atoms with Gasteiger partial charge in [0.2, 0.25) is 0 Å². The number of oxazole rings is 1. The van der Waals surface area contributed by atoms with Gasteiger partial charge in [-0.2, -0.15) is 0 Å². The van der Waals surface area contributed by atoms with E-state index in [2.05, 4.69) is 22.2 Å². The number of amides is 1. The Morgan fingerprint density at radius 3 is 2.11 bits per heavy atom. The van der Waals surface area contributed by atoms with Gasteiger partial charge in [0.1, 0.15) is 11.4 Å². The second kappa shape index (κ2) is 16.2. The second-order valence-electron chi connectivity index (χ2n) is 13.2. The normalized spacial score (nSPS) is 18.4. The Morgan fingerprint density at radius 2 is 1.39 bits per heavy atom. The van der Waals surface area contributed by atoms with Crippen LogP contribution in [0.25, 0.3) is 33.6 Å². The van der Waals surface area contributed by atoms with E-state index in [4.69, 9.17) is 18.9 Å². The number of carbonyl (C=O) groups is 1. The molecule has 0 bridgehead atoms. The highest BCUT2D eigenvalue weighted by Crippen LogP contribution is 2.44. The summed E-state index contributed by atoms with van der Waals surface area (Å²) in [6.45, 7) is 2.43. The fourth-order valence-electron chi connectivity index (χ4n) is 6.53. The lowest BCUT2D eigenvalue weighted by molar-refractivity contribution is -0.268. The van der Waals surface area contributed by atoms with Crippen molar-refractivity contribution < 1.29 is 23.8 Å². The summed E-state index contributed by atoms with van der Waals surface area (Å²) in [5.41, 5.74) is 8.04. The highest BCUT2D eigenvalue weighted by molar-refractivity contribution is 7.99. The molecule has 0 saturated carbocycles. The van der Waals surface area contributed by atoms with Crippen LogP contribution >= 0.6 is 11.8 Å². The van der Waals surface area contributed by atoms with Crippen LogP contribution in [0.1, 0.15) is 52.1 Å².